The van der Waals surface area contributed by atoms with E-state index in [1.165, 1.54) is 0 Å². The Hall–Kier alpha value is -4.08. The number of carbonyl (C=O) groups is 2. The van der Waals surface area contributed by atoms with Gasteiger partial charge in [-0.15, -0.1) is 0 Å². The van der Waals surface area contributed by atoms with Crippen molar-refractivity contribution >= 4 is 34.4 Å². The molecule has 0 bridgehead atoms. The third kappa shape index (κ3) is 4.02. The Bertz CT molecular complexity index is 1340. The molecule has 36 heavy (non-hydrogen) atoms. The van der Waals surface area contributed by atoms with Crippen LogP contribution in [0.15, 0.2) is 42.6 Å². The predicted octanol–water partition coefficient (Wildman–Crippen LogP) is 3.93. The smallest absolute Gasteiger partial charge is 0.415 e. The largest absolute Gasteiger partial charge is 0.486 e. The highest BCUT2D eigenvalue weighted by Crippen LogP contribution is 2.43. The van der Waals surface area contributed by atoms with E-state index in [0.717, 1.165) is 0 Å². The number of nitrogens with zero attached hydrogens (tertiary/aromatic N) is 3. The number of pyridine rings is 2. The standard InChI is InChI=1S/C26H26N4O6/c1-33-22-5-3-18-23(29-22)19(8-11-27-18)28-24(31)16-6-9-26(10-7-16)15-30(25(32)36-26)17-2-4-20-21(14-17)35-13-12-34-20/h2-5,8,11,14,16H,6-7,9-10,12-13,15H2,1H3,(H,27,28,31). The monoisotopic (exact) mass is 490 g/mol. The van der Waals surface area contributed by atoms with Crippen molar-refractivity contribution in [3.8, 4) is 17.4 Å². The third-order valence-electron chi connectivity index (χ3n) is 7.10. The molecule has 10 nitrogen and oxygen atoms in total. The molecule has 1 spiro atoms. The van der Waals surface area contributed by atoms with Gasteiger partial charge in [0.15, 0.2) is 11.5 Å². The number of anilines is 2. The van der Waals surface area contributed by atoms with Crippen molar-refractivity contribution in [2.24, 2.45) is 5.92 Å². The molecule has 10 heteroatoms. The zero-order valence-corrected chi connectivity index (χ0v) is 19.9. The SMILES string of the molecule is COc1ccc2nccc(NC(=O)C3CCC4(CC3)CN(c3ccc5c(c3)OCCO5)C(=O)O4)c2n1. The van der Waals surface area contributed by atoms with E-state index < -0.39 is 5.60 Å². The lowest BCUT2D eigenvalue weighted by molar-refractivity contribution is -0.122. The van der Waals surface area contributed by atoms with Crippen LogP contribution in [0.25, 0.3) is 11.0 Å². The van der Waals surface area contributed by atoms with E-state index in [1.807, 2.05) is 24.3 Å². The molecule has 6 rings (SSSR count). The minimum Gasteiger partial charge on any atom is -0.486 e. The number of carbonyl (C=O) groups excluding carboxylic acids is 2. The molecule has 1 aromatic carbocycles. The molecule has 2 fully saturated rings. The van der Waals surface area contributed by atoms with Gasteiger partial charge in [-0.25, -0.2) is 9.78 Å². The first-order valence-electron chi connectivity index (χ1n) is 12.0. The number of hydrogen-bond acceptors (Lipinski definition) is 8. The maximum Gasteiger partial charge on any atom is 0.415 e. The number of methoxy groups -OCH3 is 1. The van der Waals surface area contributed by atoms with Crippen LogP contribution in [0.3, 0.4) is 0 Å². The van der Waals surface area contributed by atoms with E-state index in [4.69, 9.17) is 18.9 Å². The van der Waals surface area contributed by atoms with Gasteiger partial charge in [0.1, 0.15) is 24.3 Å². The molecule has 2 aromatic heterocycles. The topological polar surface area (TPSA) is 112 Å². The van der Waals surface area contributed by atoms with Crippen molar-refractivity contribution < 1.29 is 28.5 Å². The second kappa shape index (κ2) is 8.85. The number of aromatic nitrogens is 2. The van der Waals surface area contributed by atoms with Crippen LogP contribution in [0, 0.1) is 5.92 Å². The average molecular weight is 491 g/mol. The maximum atomic E-state index is 13.1. The van der Waals surface area contributed by atoms with Gasteiger partial charge in [0.2, 0.25) is 11.8 Å². The minimum absolute atomic E-state index is 0.0741. The van der Waals surface area contributed by atoms with Crippen LogP contribution in [-0.2, 0) is 9.53 Å². The molecule has 2 aliphatic heterocycles. The molecule has 1 aliphatic carbocycles. The number of rotatable bonds is 4. The van der Waals surface area contributed by atoms with Gasteiger partial charge in [-0.3, -0.25) is 14.7 Å². The average Bonchev–Trinajstić information content (AvgIpc) is 3.23. The summed E-state index contributed by atoms with van der Waals surface area (Å²) in [6.07, 6.45) is 3.73. The number of ether oxygens (including phenoxy) is 4. The van der Waals surface area contributed by atoms with Crippen LogP contribution in [0.2, 0.25) is 0 Å². The van der Waals surface area contributed by atoms with Gasteiger partial charge in [-0.1, -0.05) is 0 Å². The Morgan fingerprint density at radius 2 is 1.92 bits per heavy atom. The van der Waals surface area contributed by atoms with Gasteiger partial charge in [-0.05, 0) is 49.9 Å². The Morgan fingerprint density at radius 1 is 1.11 bits per heavy atom. The molecule has 1 saturated carbocycles. The number of hydrogen-bond donors (Lipinski definition) is 1. The Balaban J connectivity index is 1.12. The fourth-order valence-corrected chi connectivity index (χ4v) is 5.14. The molecular weight excluding hydrogens is 464 g/mol. The Morgan fingerprint density at radius 3 is 2.72 bits per heavy atom. The molecule has 3 aliphatic rings. The van der Waals surface area contributed by atoms with E-state index in [1.54, 1.807) is 30.3 Å². The molecule has 1 saturated heterocycles. The van der Waals surface area contributed by atoms with E-state index >= 15 is 0 Å². The fourth-order valence-electron chi connectivity index (χ4n) is 5.14. The predicted molar refractivity (Wildman–Crippen MR) is 131 cm³/mol. The van der Waals surface area contributed by atoms with Gasteiger partial charge >= 0.3 is 6.09 Å². The highest BCUT2D eigenvalue weighted by atomic mass is 16.6. The Labute approximate surface area is 207 Å². The molecule has 186 valence electrons. The molecule has 0 atom stereocenters. The number of nitrogens with one attached hydrogen (secondary N) is 1. The van der Waals surface area contributed by atoms with Gasteiger partial charge in [0.05, 0.1) is 30.5 Å². The summed E-state index contributed by atoms with van der Waals surface area (Å²) in [7, 11) is 1.55. The molecular formula is C26H26N4O6. The number of amides is 2. The van der Waals surface area contributed by atoms with Crippen molar-refractivity contribution in [3.05, 3.63) is 42.6 Å². The summed E-state index contributed by atoms with van der Waals surface area (Å²) in [5.41, 5.74) is 1.97. The molecule has 3 aromatic rings. The summed E-state index contributed by atoms with van der Waals surface area (Å²) in [6.45, 7) is 1.43. The minimum atomic E-state index is -0.598. The fraction of sp³-hybridized carbons (Fsp3) is 0.385. The quantitative estimate of drug-likeness (QED) is 0.585. The molecule has 4 heterocycles. The van der Waals surface area contributed by atoms with Crippen LogP contribution in [-0.4, -0.2) is 54.4 Å². The van der Waals surface area contributed by atoms with Gasteiger partial charge in [0, 0.05) is 24.2 Å². The highest BCUT2D eigenvalue weighted by Gasteiger charge is 2.48. The molecule has 1 N–H and O–H groups in total. The van der Waals surface area contributed by atoms with Crippen LogP contribution in [0.4, 0.5) is 16.2 Å². The zero-order chi connectivity index (χ0) is 24.7. The lowest BCUT2D eigenvalue weighted by atomic mass is 9.78. The molecule has 2 amide bonds. The van der Waals surface area contributed by atoms with Crippen LogP contribution < -0.4 is 24.4 Å². The van der Waals surface area contributed by atoms with Gasteiger partial charge in [-0.2, -0.15) is 0 Å². The first-order chi connectivity index (χ1) is 17.5. The van der Waals surface area contributed by atoms with Crippen molar-refractivity contribution in [2.45, 2.75) is 31.3 Å². The summed E-state index contributed by atoms with van der Waals surface area (Å²) < 4.78 is 22.3. The van der Waals surface area contributed by atoms with E-state index in [0.29, 0.717) is 85.2 Å². The first-order valence-corrected chi connectivity index (χ1v) is 12.0. The van der Waals surface area contributed by atoms with Gasteiger partial charge in [0.25, 0.3) is 0 Å². The zero-order valence-electron chi connectivity index (χ0n) is 19.9. The van der Waals surface area contributed by atoms with Crippen LogP contribution >= 0.6 is 0 Å². The lowest BCUT2D eigenvalue weighted by Gasteiger charge is -2.34. The highest BCUT2D eigenvalue weighted by molar-refractivity contribution is 6.00. The molecule has 0 unspecified atom stereocenters. The maximum absolute atomic E-state index is 13.1. The summed E-state index contributed by atoms with van der Waals surface area (Å²) in [5.74, 6) is 1.50. The molecule has 0 radical (unpaired) electrons. The van der Waals surface area contributed by atoms with Crippen molar-refractivity contribution in [3.63, 3.8) is 0 Å². The van der Waals surface area contributed by atoms with Crippen molar-refractivity contribution in [1.29, 1.82) is 0 Å². The van der Waals surface area contributed by atoms with Crippen LogP contribution in [0.5, 0.6) is 17.4 Å². The van der Waals surface area contributed by atoms with E-state index in [-0.39, 0.29) is 17.9 Å². The number of benzene rings is 1. The summed E-state index contributed by atoms with van der Waals surface area (Å²) in [5, 5.41) is 3.02. The van der Waals surface area contributed by atoms with Crippen LogP contribution in [0.1, 0.15) is 25.7 Å². The first kappa shape index (κ1) is 22.4. The van der Waals surface area contributed by atoms with E-state index in [9.17, 15) is 9.59 Å². The third-order valence-corrected chi connectivity index (χ3v) is 7.10. The van der Waals surface area contributed by atoms with Crippen molar-refractivity contribution in [2.75, 3.05) is 37.1 Å². The van der Waals surface area contributed by atoms with Gasteiger partial charge < -0.3 is 24.3 Å². The normalized spacial score (nSPS) is 23.0. The second-order valence-corrected chi connectivity index (χ2v) is 9.31. The number of fused-ring (bicyclic) bond motifs is 2. The van der Waals surface area contributed by atoms with Crippen molar-refractivity contribution in [1.82, 2.24) is 9.97 Å². The summed E-state index contributed by atoms with van der Waals surface area (Å²) >= 11 is 0. The Kier molecular flexibility index (Phi) is 5.50. The van der Waals surface area contributed by atoms with E-state index in [2.05, 4.69) is 15.3 Å². The lowest BCUT2D eigenvalue weighted by Crippen LogP contribution is -2.41. The summed E-state index contributed by atoms with van der Waals surface area (Å²) in [4.78, 5) is 36.3. The second-order valence-electron chi connectivity index (χ2n) is 9.31. The summed E-state index contributed by atoms with van der Waals surface area (Å²) in [6, 6.07) is 10.8.